The molecule has 0 atom stereocenters. The number of aromatic amines is 2. The van der Waals surface area contributed by atoms with Crippen LogP contribution in [-0.4, -0.2) is 9.97 Å². The highest BCUT2D eigenvalue weighted by Gasteiger charge is 2.01. The van der Waals surface area contributed by atoms with Gasteiger partial charge < -0.3 is 9.72 Å². The molecule has 0 fully saturated rings. The van der Waals surface area contributed by atoms with Gasteiger partial charge in [-0.1, -0.05) is 12.1 Å². The Labute approximate surface area is 105 Å². The highest BCUT2D eigenvalue weighted by Crippen LogP contribution is 2.24. The minimum absolute atomic E-state index is 0.127. The molecule has 1 aromatic heterocycles. The molecule has 0 amide bonds. The minimum Gasteiger partial charge on any atom is -0.486 e. The van der Waals surface area contributed by atoms with E-state index in [1.165, 1.54) is 6.07 Å². The second kappa shape index (κ2) is 5.01. The second-order valence-electron chi connectivity index (χ2n) is 3.33. The first kappa shape index (κ1) is 11.7. The molecule has 1 heterocycles. The van der Waals surface area contributed by atoms with Gasteiger partial charge in [0.25, 0.3) is 5.56 Å². The third-order valence-electron chi connectivity index (χ3n) is 2.04. The molecule has 0 aliphatic heterocycles. The molecule has 2 N–H and O–H groups in total. The van der Waals surface area contributed by atoms with E-state index in [0.29, 0.717) is 11.4 Å². The van der Waals surface area contributed by atoms with E-state index >= 15 is 0 Å². The molecule has 88 valence electrons. The molecule has 0 spiro atoms. The highest BCUT2D eigenvalue weighted by atomic mass is 79.9. The van der Waals surface area contributed by atoms with Gasteiger partial charge in [0.1, 0.15) is 12.4 Å². The number of H-pyrrole nitrogens is 2. The maximum Gasteiger partial charge on any atom is 0.326 e. The van der Waals surface area contributed by atoms with Crippen LogP contribution in [0.3, 0.4) is 0 Å². The molecule has 0 saturated heterocycles. The molecule has 2 aromatic rings. The third-order valence-corrected chi connectivity index (χ3v) is 2.69. The number of benzene rings is 1. The Morgan fingerprint density at radius 2 is 1.94 bits per heavy atom. The molecule has 6 heteroatoms. The lowest BCUT2D eigenvalue weighted by Gasteiger charge is -2.07. The SMILES string of the molecule is O=c1cc(COc2ccccc2Br)[nH]c(=O)[nH]1. The van der Waals surface area contributed by atoms with E-state index in [0.717, 1.165) is 4.47 Å². The summed E-state index contributed by atoms with van der Waals surface area (Å²) in [5, 5.41) is 0. The van der Waals surface area contributed by atoms with E-state index in [9.17, 15) is 9.59 Å². The maximum absolute atomic E-state index is 11.0. The van der Waals surface area contributed by atoms with Crippen LogP contribution in [0.15, 0.2) is 44.4 Å². The molecule has 0 unspecified atom stereocenters. The van der Waals surface area contributed by atoms with Crippen LogP contribution in [0.4, 0.5) is 0 Å². The van der Waals surface area contributed by atoms with E-state index in [1.54, 1.807) is 6.07 Å². The number of hydrogen-bond acceptors (Lipinski definition) is 3. The normalized spacial score (nSPS) is 10.2. The van der Waals surface area contributed by atoms with E-state index in [4.69, 9.17) is 4.74 Å². The summed E-state index contributed by atoms with van der Waals surface area (Å²) in [6.45, 7) is 0.127. The van der Waals surface area contributed by atoms with E-state index in [2.05, 4.69) is 25.9 Å². The fraction of sp³-hybridized carbons (Fsp3) is 0.0909. The van der Waals surface area contributed by atoms with Crippen molar-refractivity contribution in [1.29, 1.82) is 0 Å². The van der Waals surface area contributed by atoms with E-state index < -0.39 is 11.2 Å². The van der Waals surface area contributed by atoms with Crippen molar-refractivity contribution in [3.05, 3.63) is 61.3 Å². The van der Waals surface area contributed by atoms with Crippen molar-refractivity contribution >= 4 is 15.9 Å². The van der Waals surface area contributed by atoms with Gasteiger partial charge in [-0.15, -0.1) is 0 Å². The van der Waals surface area contributed by atoms with Gasteiger partial charge >= 0.3 is 5.69 Å². The molecular weight excluding hydrogens is 288 g/mol. The standard InChI is InChI=1S/C11H9BrN2O3/c12-8-3-1-2-4-9(8)17-6-7-5-10(15)14-11(16)13-7/h1-5H,6H2,(H2,13,14,15,16). The Morgan fingerprint density at radius 1 is 1.18 bits per heavy atom. The van der Waals surface area contributed by atoms with Crippen molar-refractivity contribution in [2.75, 3.05) is 0 Å². The lowest BCUT2D eigenvalue weighted by molar-refractivity contribution is 0.298. The number of rotatable bonds is 3. The molecule has 0 radical (unpaired) electrons. The van der Waals surface area contributed by atoms with Crippen molar-refractivity contribution in [2.24, 2.45) is 0 Å². The molecule has 5 nitrogen and oxygen atoms in total. The van der Waals surface area contributed by atoms with E-state index in [-0.39, 0.29) is 6.61 Å². The van der Waals surface area contributed by atoms with Crippen molar-refractivity contribution in [1.82, 2.24) is 9.97 Å². The van der Waals surface area contributed by atoms with E-state index in [1.807, 2.05) is 18.2 Å². The third kappa shape index (κ3) is 3.07. The molecule has 17 heavy (non-hydrogen) atoms. The summed E-state index contributed by atoms with van der Waals surface area (Å²) in [5.74, 6) is 0.647. The zero-order valence-electron chi connectivity index (χ0n) is 8.70. The van der Waals surface area contributed by atoms with Gasteiger partial charge in [0.05, 0.1) is 10.2 Å². The summed E-state index contributed by atoms with van der Waals surface area (Å²) in [6, 6.07) is 8.62. The minimum atomic E-state index is -0.539. The zero-order valence-corrected chi connectivity index (χ0v) is 10.3. The molecule has 1 aromatic carbocycles. The number of nitrogens with one attached hydrogen (secondary N) is 2. The average Bonchev–Trinajstić information content (AvgIpc) is 2.27. The van der Waals surface area contributed by atoms with Crippen molar-refractivity contribution in [2.45, 2.75) is 6.61 Å². The van der Waals surface area contributed by atoms with Crippen LogP contribution in [-0.2, 0) is 6.61 Å². The number of aromatic nitrogens is 2. The van der Waals surface area contributed by atoms with Crippen LogP contribution in [0, 0.1) is 0 Å². The van der Waals surface area contributed by atoms with Gasteiger partial charge in [0.2, 0.25) is 0 Å². The number of halogens is 1. The summed E-state index contributed by atoms with van der Waals surface area (Å²) in [4.78, 5) is 26.6. The summed E-state index contributed by atoms with van der Waals surface area (Å²) in [5.41, 5.74) is -0.558. The highest BCUT2D eigenvalue weighted by molar-refractivity contribution is 9.10. The van der Waals surface area contributed by atoms with Crippen LogP contribution >= 0.6 is 15.9 Å². The molecule has 0 bridgehead atoms. The lowest BCUT2D eigenvalue weighted by Crippen LogP contribution is -2.23. The molecule has 0 saturated carbocycles. The summed E-state index contributed by atoms with van der Waals surface area (Å²) < 4.78 is 6.28. The Morgan fingerprint density at radius 3 is 2.65 bits per heavy atom. The Bertz CT molecular complexity index is 605. The van der Waals surface area contributed by atoms with Crippen molar-refractivity contribution in [3.8, 4) is 5.75 Å². The van der Waals surface area contributed by atoms with Crippen LogP contribution < -0.4 is 16.0 Å². The zero-order chi connectivity index (χ0) is 12.3. The van der Waals surface area contributed by atoms with Crippen molar-refractivity contribution < 1.29 is 4.74 Å². The summed E-state index contributed by atoms with van der Waals surface area (Å²) >= 11 is 3.33. The largest absolute Gasteiger partial charge is 0.486 e. The molecule has 0 aliphatic rings. The Kier molecular flexibility index (Phi) is 3.43. The maximum atomic E-state index is 11.0. The van der Waals surface area contributed by atoms with Gasteiger partial charge in [0, 0.05) is 6.07 Å². The smallest absolute Gasteiger partial charge is 0.326 e. The van der Waals surface area contributed by atoms with Gasteiger partial charge in [-0.3, -0.25) is 9.78 Å². The fourth-order valence-electron chi connectivity index (χ4n) is 1.31. The Hall–Kier alpha value is -1.82. The van der Waals surface area contributed by atoms with Gasteiger partial charge in [-0.05, 0) is 28.1 Å². The molecular formula is C11H9BrN2O3. The molecule has 0 aliphatic carbocycles. The fourth-order valence-corrected chi connectivity index (χ4v) is 1.71. The number of hydrogen-bond donors (Lipinski definition) is 2. The first-order chi connectivity index (χ1) is 8.15. The average molecular weight is 297 g/mol. The first-order valence-corrected chi connectivity index (χ1v) is 5.64. The van der Waals surface area contributed by atoms with Gasteiger partial charge in [0.15, 0.2) is 0 Å². The van der Waals surface area contributed by atoms with Crippen LogP contribution in [0.5, 0.6) is 5.75 Å². The van der Waals surface area contributed by atoms with Gasteiger partial charge in [-0.2, -0.15) is 0 Å². The van der Waals surface area contributed by atoms with Crippen LogP contribution in [0.2, 0.25) is 0 Å². The quantitative estimate of drug-likeness (QED) is 0.899. The summed E-state index contributed by atoms with van der Waals surface area (Å²) in [7, 11) is 0. The topological polar surface area (TPSA) is 75.0 Å². The monoisotopic (exact) mass is 296 g/mol. The second-order valence-corrected chi connectivity index (χ2v) is 4.19. The first-order valence-electron chi connectivity index (χ1n) is 4.85. The predicted octanol–water partition coefficient (Wildman–Crippen LogP) is 1.40. The van der Waals surface area contributed by atoms with Gasteiger partial charge in [-0.25, -0.2) is 4.79 Å². The number of ether oxygens (including phenoxy) is 1. The Balaban J connectivity index is 2.15. The lowest BCUT2D eigenvalue weighted by atomic mass is 10.3. The van der Waals surface area contributed by atoms with Crippen LogP contribution in [0.25, 0.3) is 0 Å². The van der Waals surface area contributed by atoms with Crippen LogP contribution in [0.1, 0.15) is 5.69 Å². The molecule has 2 rings (SSSR count). The van der Waals surface area contributed by atoms with Crippen molar-refractivity contribution in [3.63, 3.8) is 0 Å². The summed E-state index contributed by atoms with van der Waals surface area (Å²) in [6.07, 6.45) is 0. The number of para-hydroxylation sites is 1. The predicted molar refractivity (Wildman–Crippen MR) is 66.2 cm³/mol.